The van der Waals surface area contributed by atoms with Crippen molar-refractivity contribution in [3.8, 4) is 11.6 Å². The molecular formula is C21H21N3O3. The molecule has 0 aliphatic rings. The summed E-state index contributed by atoms with van der Waals surface area (Å²) in [7, 11) is 0. The zero-order valence-corrected chi connectivity index (χ0v) is 15.3. The van der Waals surface area contributed by atoms with E-state index in [0.29, 0.717) is 18.7 Å². The highest BCUT2D eigenvalue weighted by molar-refractivity contribution is 5.82. The first-order valence-electron chi connectivity index (χ1n) is 8.67. The normalized spacial score (nSPS) is 11.2. The van der Waals surface area contributed by atoms with Crippen molar-refractivity contribution in [2.24, 2.45) is 4.99 Å². The zero-order valence-electron chi connectivity index (χ0n) is 15.3. The van der Waals surface area contributed by atoms with Crippen LogP contribution in [0.4, 0.5) is 0 Å². The number of nitrogens with zero attached hydrogens (tertiary/aromatic N) is 2. The molecule has 0 unspecified atom stereocenters. The number of aromatic amines is 1. The lowest BCUT2D eigenvalue weighted by atomic mass is 10.1. The first-order chi connectivity index (χ1) is 13.0. The molecule has 3 aromatic rings. The fourth-order valence-corrected chi connectivity index (χ4v) is 2.83. The van der Waals surface area contributed by atoms with E-state index in [1.54, 1.807) is 6.07 Å². The maximum atomic E-state index is 12.3. The molecule has 27 heavy (non-hydrogen) atoms. The predicted octanol–water partition coefficient (Wildman–Crippen LogP) is 2.51. The number of hydrogen-bond acceptors (Lipinski definition) is 4. The van der Waals surface area contributed by atoms with E-state index in [0.717, 1.165) is 21.3 Å². The first kappa shape index (κ1) is 18.4. The van der Waals surface area contributed by atoms with Gasteiger partial charge >= 0.3 is 5.69 Å². The minimum Gasteiger partial charge on any atom is -0.493 e. The van der Waals surface area contributed by atoms with Crippen LogP contribution in [0.3, 0.4) is 0 Å². The van der Waals surface area contributed by atoms with E-state index in [1.165, 1.54) is 6.21 Å². The first-order valence-corrected chi connectivity index (χ1v) is 8.67. The Balaban J connectivity index is 1.95. The summed E-state index contributed by atoms with van der Waals surface area (Å²) in [6, 6.07) is 15.4. The van der Waals surface area contributed by atoms with Gasteiger partial charge in [0.1, 0.15) is 5.56 Å². The molecule has 138 valence electrons. The van der Waals surface area contributed by atoms with Crippen LogP contribution in [0.15, 0.2) is 63.1 Å². The highest BCUT2D eigenvalue weighted by Gasteiger charge is 2.15. The Bertz CT molecular complexity index is 1100. The molecule has 0 aliphatic carbocycles. The Morgan fingerprint density at radius 2 is 1.85 bits per heavy atom. The van der Waals surface area contributed by atoms with Crippen LogP contribution in [0.25, 0.3) is 5.69 Å². The third-order valence-corrected chi connectivity index (χ3v) is 4.32. The molecule has 6 heteroatoms. The number of aryl methyl sites for hydroxylation is 2. The molecule has 0 saturated heterocycles. The molecule has 0 aliphatic heterocycles. The number of nitrogens with one attached hydrogen (secondary N) is 1. The molecule has 0 bridgehead atoms. The Morgan fingerprint density at radius 1 is 1.11 bits per heavy atom. The molecule has 1 heterocycles. The van der Waals surface area contributed by atoms with Crippen molar-refractivity contribution in [1.82, 2.24) is 9.55 Å². The monoisotopic (exact) mass is 363 g/mol. The summed E-state index contributed by atoms with van der Waals surface area (Å²) in [5.74, 6) is -0.416. The van der Waals surface area contributed by atoms with Crippen molar-refractivity contribution < 1.29 is 5.11 Å². The minimum atomic E-state index is -0.687. The summed E-state index contributed by atoms with van der Waals surface area (Å²) in [4.78, 5) is 30.9. The zero-order chi connectivity index (χ0) is 19.4. The van der Waals surface area contributed by atoms with Crippen molar-refractivity contribution in [2.45, 2.75) is 20.3 Å². The second-order valence-corrected chi connectivity index (χ2v) is 6.39. The number of H-pyrrole nitrogens is 1. The van der Waals surface area contributed by atoms with Crippen LogP contribution in [-0.4, -0.2) is 27.4 Å². The molecule has 2 N–H and O–H groups in total. The van der Waals surface area contributed by atoms with Gasteiger partial charge in [0.2, 0.25) is 5.88 Å². The van der Waals surface area contributed by atoms with Crippen LogP contribution < -0.4 is 11.2 Å². The van der Waals surface area contributed by atoms with Gasteiger partial charge in [-0.3, -0.25) is 14.8 Å². The summed E-state index contributed by atoms with van der Waals surface area (Å²) in [5.41, 5.74) is 2.00. The van der Waals surface area contributed by atoms with Crippen molar-refractivity contribution in [2.75, 3.05) is 6.54 Å². The van der Waals surface area contributed by atoms with E-state index in [4.69, 9.17) is 0 Å². The predicted molar refractivity (Wildman–Crippen MR) is 106 cm³/mol. The number of benzene rings is 2. The molecule has 0 radical (unpaired) electrons. The molecule has 0 amide bonds. The van der Waals surface area contributed by atoms with Gasteiger partial charge < -0.3 is 5.11 Å². The van der Waals surface area contributed by atoms with Crippen molar-refractivity contribution in [1.29, 1.82) is 0 Å². The van der Waals surface area contributed by atoms with Crippen LogP contribution in [0.2, 0.25) is 0 Å². The number of aromatic nitrogens is 2. The van der Waals surface area contributed by atoms with Crippen LogP contribution in [0.5, 0.6) is 5.88 Å². The maximum Gasteiger partial charge on any atom is 0.335 e. The molecule has 0 saturated carbocycles. The van der Waals surface area contributed by atoms with Crippen LogP contribution in [0, 0.1) is 13.8 Å². The second kappa shape index (κ2) is 7.86. The average Bonchev–Trinajstić information content (AvgIpc) is 2.64. The number of rotatable bonds is 5. The molecule has 6 nitrogen and oxygen atoms in total. The molecular weight excluding hydrogens is 342 g/mol. The van der Waals surface area contributed by atoms with Crippen LogP contribution in [0.1, 0.15) is 22.3 Å². The highest BCUT2D eigenvalue weighted by atomic mass is 16.3. The van der Waals surface area contributed by atoms with E-state index in [-0.39, 0.29) is 5.56 Å². The van der Waals surface area contributed by atoms with Gasteiger partial charge in [0.25, 0.3) is 5.56 Å². The number of aromatic hydroxyl groups is 1. The lowest BCUT2D eigenvalue weighted by molar-refractivity contribution is 0.430. The molecule has 0 spiro atoms. The quantitative estimate of drug-likeness (QED) is 0.683. The molecule has 2 aromatic carbocycles. The lowest BCUT2D eigenvalue weighted by Crippen LogP contribution is -2.31. The molecule has 0 atom stereocenters. The Hall–Kier alpha value is -3.41. The highest BCUT2D eigenvalue weighted by Crippen LogP contribution is 2.20. The Kier molecular flexibility index (Phi) is 5.35. The molecule has 3 rings (SSSR count). The summed E-state index contributed by atoms with van der Waals surface area (Å²) in [5, 5.41) is 10.6. The Morgan fingerprint density at radius 3 is 2.59 bits per heavy atom. The third-order valence-electron chi connectivity index (χ3n) is 4.32. The fraction of sp³-hybridized carbons (Fsp3) is 0.190. The maximum absolute atomic E-state index is 12.3. The Labute approximate surface area is 156 Å². The van der Waals surface area contributed by atoms with Crippen LogP contribution >= 0.6 is 0 Å². The third kappa shape index (κ3) is 4.06. The van der Waals surface area contributed by atoms with Crippen molar-refractivity contribution in [3.63, 3.8) is 0 Å². The van der Waals surface area contributed by atoms with E-state index in [1.807, 2.05) is 56.3 Å². The summed E-state index contributed by atoms with van der Waals surface area (Å²) in [6.45, 7) is 4.19. The van der Waals surface area contributed by atoms with Gasteiger partial charge in [-0.2, -0.15) is 0 Å². The number of aliphatic imine (C=N–C) groups is 1. The van der Waals surface area contributed by atoms with Gasteiger partial charge in [-0.25, -0.2) is 9.36 Å². The van der Waals surface area contributed by atoms with Gasteiger partial charge in [0.05, 0.1) is 5.69 Å². The number of hydrogen-bond donors (Lipinski definition) is 2. The minimum absolute atomic E-state index is 0.0384. The second-order valence-electron chi connectivity index (χ2n) is 6.39. The lowest BCUT2D eigenvalue weighted by Gasteiger charge is -2.12. The van der Waals surface area contributed by atoms with Gasteiger partial charge in [0, 0.05) is 12.8 Å². The summed E-state index contributed by atoms with van der Waals surface area (Å²) >= 11 is 0. The SMILES string of the molecule is Cc1ccc(C)c(-n2c(O)c(C=NCCc3ccccc3)c(=O)[nH]c2=O)c1. The smallest absolute Gasteiger partial charge is 0.335 e. The van der Waals surface area contributed by atoms with E-state index in [2.05, 4.69) is 9.98 Å². The van der Waals surface area contributed by atoms with E-state index >= 15 is 0 Å². The largest absolute Gasteiger partial charge is 0.493 e. The topological polar surface area (TPSA) is 87.4 Å². The summed E-state index contributed by atoms with van der Waals surface area (Å²) < 4.78 is 1.10. The van der Waals surface area contributed by atoms with Gasteiger partial charge in [-0.1, -0.05) is 42.5 Å². The van der Waals surface area contributed by atoms with Gasteiger partial charge in [0.15, 0.2) is 0 Å². The van der Waals surface area contributed by atoms with Gasteiger partial charge in [-0.05, 0) is 43.0 Å². The average molecular weight is 363 g/mol. The molecule has 0 fully saturated rings. The standard InChI is InChI=1S/C21H21N3O3/c1-14-8-9-15(2)18(12-14)24-20(26)17(19(25)23-21(24)27)13-22-11-10-16-6-4-3-5-7-16/h3-9,12-13,26H,10-11H2,1-2H3,(H,23,25,27). The van der Waals surface area contributed by atoms with Crippen LogP contribution in [-0.2, 0) is 6.42 Å². The summed E-state index contributed by atoms with van der Waals surface area (Å²) in [6.07, 6.45) is 2.03. The van der Waals surface area contributed by atoms with E-state index < -0.39 is 17.1 Å². The fourth-order valence-electron chi connectivity index (χ4n) is 2.83. The van der Waals surface area contributed by atoms with Crippen molar-refractivity contribution in [3.05, 3.63) is 91.6 Å². The van der Waals surface area contributed by atoms with E-state index in [9.17, 15) is 14.7 Å². The van der Waals surface area contributed by atoms with Crippen molar-refractivity contribution >= 4 is 6.21 Å². The van der Waals surface area contributed by atoms with Gasteiger partial charge in [-0.15, -0.1) is 0 Å². The molecule has 1 aromatic heterocycles.